The van der Waals surface area contributed by atoms with Crippen molar-refractivity contribution in [2.45, 2.75) is 38.3 Å². The number of hydrogen-bond acceptors (Lipinski definition) is 4. The van der Waals surface area contributed by atoms with Gasteiger partial charge in [0.2, 0.25) is 10.0 Å². The second-order valence-corrected chi connectivity index (χ2v) is 11.6. The number of likely N-dealkylation sites (tertiary alicyclic amines) is 1. The van der Waals surface area contributed by atoms with Crippen molar-refractivity contribution in [1.82, 2.24) is 14.5 Å². The van der Waals surface area contributed by atoms with Crippen LogP contribution in [0.5, 0.6) is 0 Å². The molecule has 1 heterocycles. The van der Waals surface area contributed by atoms with E-state index in [1.807, 2.05) is 12.1 Å². The second kappa shape index (κ2) is 10.3. The van der Waals surface area contributed by atoms with Gasteiger partial charge in [-0.05, 0) is 47.6 Å². The topological polar surface area (TPSA) is 69.7 Å². The van der Waals surface area contributed by atoms with Gasteiger partial charge in [0.05, 0.1) is 15.5 Å². The molecule has 1 aliphatic heterocycles. The maximum atomic E-state index is 12.7. The molecule has 2 unspecified atom stereocenters. The van der Waals surface area contributed by atoms with Crippen LogP contribution in [0.4, 0.5) is 0 Å². The van der Waals surface area contributed by atoms with Crippen LogP contribution < -0.4 is 5.32 Å². The first kappa shape index (κ1) is 24.7. The van der Waals surface area contributed by atoms with Gasteiger partial charge in [0.1, 0.15) is 0 Å². The molecular weight excluding hydrogens is 446 g/mol. The molecule has 2 atom stereocenters. The number of carbonyl (C=O) groups is 1. The van der Waals surface area contributed by atoms with Crippen molar-refractivity contribution >= 4 is 27.5 Å². The van der Waals surface area contributed by atoms with Crippen LogP contribution in [0.25, 0.3) is 0 Å². The summed E-state index contributed by atoms with van der Waals surface area (Å²) in [7, 11) is -0.762. The van der Waals surface area contributed by atoms with Crippen LogP contribution in [0.1, 0.15) is 41.8 Å². The molecule has 1 fully saturated rings. The molecule has 1 aliphatic rings. The number of hydrogen-bond donors (Lipinski definition) is 1. The first-order chi connectivity index (χ1) is 15.1. The zero-order chi connectivity index (χ0) is 23.5. The summed E-state index contributed by atoms with van der Waals surface area (Å²) in [5.41, 5.74) is 2.36. The monoisotopic (exact) mass is 477 g/mol. The summed E-state index contributed by atoms with van der Waals surface area (Å²) >= 11 is 6.16. The lowest BCUT2D eigenvalue weighted by molar-refractivity contribution is 0.0951. The van der Waals surface area contributed by atoms with E-state index in [1.54, 1.807) is 0 Å². The van der Waals surface area contributed by atoms with Crippen molar-refractivity contribution in [2.24, 2.45) is 11.8 Å². The molecule has 174 valence electrons. The Morgan fingerprint density at radius 1 is 1.06 bits per heavy atom. The Kier molecular flexibility index (Phi) is 7.98. The summed E-state index contributed by atoms with van der Waals surface area (Å²) in [5.74, 6) is 1.05. The summed E-state index contributed by atoms with van der Waals surface area (Å²) in [6.45, 7) is 8.15. The molecule has 6 nitrogen and oxygen atoms in total. The van der Waals surface area contributed by atoms with E-state index in [-0.39, 0.29) is 15.5 Å². The number of rotatable bonds is 7. The first-order valence-electron chi connectivity index (χ1n) is 10.9. The summed E-state index contributed by atoms with van der Waals surface area (Å²) in [5, 5.41) is 3.04. The Morgan fingerprint density at radius 3 is 2.25 bits per heavy atom. The molecule has 0 aromatic heterocycles. The maximum Gasteiger partial charge on any atom is 0.253 e. The highest BCUT2D eigenvalue weighted by Crippen LogP contribution is 2.23. The minimum Gasteiger partial charge on any atom is -0.348 e. The number of benzene rings is 2. The molecule has 0 spiro atoms. The van der Waals surface area contributed by atoms with Crippen molar-refractivity contribution in [3.05, 3.63) is 64.2 Å². The van der Waals surface area contributed by atoms with Crippen molar-refractivity contribution in [3.63, 3.8) is 0 Å². The Balaban J connectivity index is 1.62. The van der Waals surface area contributed by atoms with Gasteiger partial charge in [0.25, 0.3) is 5.91 Å². The van der Waals surface area contributed by atoms with E-state index in [9.17, 15) is 13.2 Å². The van der Waals surface area contributed by atoms with Crippen molar-refractivity contribution in [1.29, 1.82) is 0 Å². The average Bonchev–Trinajstić information content (AvgIpc) is 2.72. The van der Waals surface area contributed by atoms with Gasteiger partial charge in [-0.1, -0.05) is 49.7 Å². The van der Waals surface area contributed by atoms with Gasteiger partial charge in [0, 0.05) is 40.3 Å². The number of amides is 1. The number of nitrogens with zero attached hydrogens (tertiary/aromatic N) is 2. The van der Waals surface area contributed by atoms with Crippen LogP contribution in [-0.4, -0.2) is 50.7 Å². The zero-order valence-corrected chi connectivity index (χ0v) is 20.7. The third kappa shape index (κ3) is 6.10. The van der Waals surface area contributed by atoms with Gasteiger partial charge >= 0.3 is 0 Å². The third-order valence-corrected chi connectivity index (χ3v) is 7.93. The molecule has 0 bridgehead atoms. The van der Waals surface area contributed by atoms with Crippen LogP contribution in [0.3, 0.4) is 0 Å². The van der Waals surface area contributed by atoms with E-state index in [1.165, 1.54) is 44.3 Å². The molecule has 0 saturated carbocycles. The van der Waals surface area contributed by atoms with Crippen LogP contribution in [0, 0.1) is 11.8 Å². The lowest BCUT2D eigenvalue weighted by Gasteiger charge is -2.35. The van der Waals surface area contributed by atoms with Gasteiger partial charge in [-0.3, -0.25) is 9.69 Å². The summed E-state index contributed by atoms with van der Waals surface area (Å²) in [6, 6.07) is 12.4. The van der Waals surface area contributed by atoms with Crippen molar-refractivity contribution < 1.29 is 13.2 Å². The highest BCUT2D eigenvalue weighted by Gasteiger charge is 2.22. The summed E-state index contributed by atoms with van der Waals surface area (Å²) in [6.07, 6.45) is 1.29. The number of piperidine rings is 1. The van der Waals surface area contributed by atoms with Gasteiger partial charge in [0.15, 0.2) is 0 Å². The van der Waals surface area contributed by atoms with Gasteiger partial charge in [-0.2, -0.15) is 0 Å². The Morgan fingerprint density at radius 2 is 1.66 bits per heavy atom. The van der Waals surface area contributed by atoms with Crippen LogP contribution >= 0.6 is 11.6 Å². The molecule has 1 saturated heterocycles. The van der Waals surface area contributed by atoms with E-state index in [0.29, 0.717) is 6.54 Å². The number of nitrogens with one attached hydrogen (secondary N) is 1. The standard InChI is InChI=1S/C24H32ClN3O3S/c1-17-11-18(2)15-28(14-17)16-20-7-5-19(6-8-20)13-26-24(29)22-12-21(9-10-23(22)25)32(30,31)27(3)4/h5-10,12,17-18H,11,13-16H2,1-4H3,(H,26,29). The van der Waals surface area contributed by atoms with Gasteiger partial charge < -0.3 is 5.32 Å². The molecule has 1 N–H and O–H groups in total. The average molecular weight is 478 g/mol. The molecule has 2 aromatic rings. The Labute approximate surface area is 196 Å². The Hall–Kier alpha value is -1.93. The third-order valence-electron chi connectivity index (χ3n) is 5.79. The Bertz CT molecular complexity index is 1040. The minimum absolute atomic E-state index is 0.0303. The van der Waals surface area contributed by atoms with Crippen molar-refractivity contribution in [2.75, 3.05) is 27.2 Å². The zero-order valence-electron chi connectivity index (χ0n) is 19.1. The fourth-order valence-corrected chi connectivity index (χ4v) is 5.40. The normalized spacial score (nSPS) is 19.8. The second-order valence-electron chi connectivity index (χ2n) is 9.07. The fourth-order valence-electron chi connectivity index (χ4n) is 4.27. The number of halogens is 1. The predicted molar refractivity (Wildman–Crippen MR) is 128 cm³/mol. The number of sulfonamides is 1. The minimum atomic E-state index is -3.65. The largest absolute Gasteiger partial charge is 0.348 e. The SMILES string of the molecule is CC1CC(C)CN(Cc2ccc(CNC(=O)c3cc(S(=O)(=O)N(C)C)ccc3Cl)cc2)C1. The summed E-state index contributed by atoms with van der Waals surface area (Å²) < 4.78 is 25.8. The van der Waals surface area contributed by atoms with Crippen LogP contribution in [0.15, 0.2) is 47.4 Å². The highest BCUT2D eigenvalue weighted by molar-refractivity contribution is 7.89. The molecule has 1 amide bonds. The quantitative estimate of drug-likeness (QED) is 0.654. The lowest BCUT2D eigenvalue weighted by Crippen LogP contribution is -2.38. The molecular formula is C24H32ClN3O3S. The highest BCUT2D eigenvalue weighted by atomic mass is 35.5. The maximum absolute atomic E-state index is 12.7. The van der Waals surface area contributed by atoms with Gasteiger partial charge in [-0.15, -0.1) is 0 Å². The molecule has 32 heavy (non-hydrogen) atoms. The predicted octanol–water partition coefficient (Wildman–Crippen LogP) is 4.00. The molecule has 2 aromatic carbocycles. The lowest BCUT2D eigenvalue weighted by atomic mass is 9.91. The fraction of sp³-hybridized carbons (Fsp3) is 0.458. The number of carbonyl (C=O) groups excluding carboxylic acids is 1. The van der Waals surface area contributed by atoms with E-state index >= 15 is 0 Å². The van der Waals surface area contributed by atoms with Gasteiger partial charge in [-0.25, -0.2) is 12.7 Å². The van der Waals surface area contributed by atoms with Crippen molar-refractivity contribution in [3.8, 4) is 0 Å². The molecule has 0 radical (unpaired) electrons. The van der Waals surface area contributed by atoms with E-state index in [4.69, 9.17) is 11.6 Å². The first-order valence-corrected chi connectivity index (χ1v) is 12.7. The van der Waals surface area contributed by atoms with Crippen LogP contribution in [-0.2, 0) is 23.1 Å². The summed E-state index contributed by atoms with van der Waals surface area (Å²) in [4.78, 5) is 15.2. The van der Waals surface area contributed by atoms with E-state index < -0.39 is 15.9 Å². The smallest absolute Gasteiger partial charge is 0.253 e. The van der Waals surface area contributed by atoms with Crippen LogP contribution in [0.2, 0.25) is 5.02 Å². The molecule has 8 heteroatoms. The van der Waals surface area contributed by atoms with E-state index in [2.05, 4.69) is 36.2 Å². The molecule has 3 rings (SSSR count). The molecule has 0 aliphatic carbocycles. The van der Waals surface area contributed by atoms with E-state index in [0.717, 1.165) is 41.3 Å².